The van der Waals surface area contributed by atoms with Crippen molar-refractivity contribution in [1.82, 2.24) is 0 Å². The molecule has 0 amide bonds. The second-order valence-electron chi connectivity index (χ2n) is 7.01. The Kier molecular flexibility index (Phi) is 17.0. The summed E-state index contributed by atoms with van der Waals surface area (Å²) in [4.78, 5) is 0. The van der Waals surface area contributed by atoms with Gasteiger partial charge in [-0.2, -0.15) is 0 Å². The monoisotopic (exact) mass is 370 g/mol. The van der Waals surface area contributed by atoms with Crippen molar-refractivity contribution >= 4 is 0 Å². The lowest BCUT2D eigenvalue weighted by atomic mass is 9.86. The minimum Gasteiger partial charge on any atom is -0.0776 e. The molecule has 0 bridgehead atoms. The van der Waals surface area contributed by atoms with Crippen LogP contribution in [0.15, 0.2) is 48.5 Å². The predicted molar refractivity (Wildman–Crippen MR) is 127 cm³/mol. The van der Waals surface area contributed by atoms with Crippen molar-refractivity contribution in [3.63, 3.8) is 0 Å². The summed E-state index contributed by atoms with van der Waals surface area (Å²) >= 11 is 0. The Labute approximate surface area is 171 Å². The Hall–Kier alpha value is -1.56. The van der Waals surface area contributed by atoms with Crippen LogP contribution in [0, 0.1) is 25.7 Å². The molecule has 2 rings (SSSR count). The van der Waals surface area contributed by atoms with E-state index in [1.54, 1.807) is 0 Å². The summed E-state index contributed by atoms with van der Waals surface area (Å²) in [6, 6.07) is 17.9. The van der Waals surface area contributed by atoms with Gasteiger partial charge in [0.2, 0.25) is 0 Å². The van der Waals surface area contributed by atoms with Gasteiger partial charge in [-0.3, -0.25) is 0 Å². The van der Waals surface area contributed by atoms with Gasteiger partial charge in [0.1, 0.15) is 0 Å². The van der Waals surface area contributed by atoms with Crippen LogP contribution >= 0.6 is 0 Å². The summed E-state index contributed by atoms with van der Waals surface area (Å²) in [6.07, 6.45) is 4.99. The van der Waals surface area contributed by atoms with Gasteiger partial charge in [0, 0.05) is 0 Å². The molecule has 27 heavy (non-hydrogen) atoms. The Morgan fingerprint density at radius 3 is 1.59 bits per heavy atom. The van der Waals surface area contributed by atoms with Crippen molar-refractivity contribution in [2.45, 2.75) is 88.5 Å². The molecule has 0 aliphatic carbocycles. The molecule has 0 heteroatoms. The maximum atomic E-state index is 2.41. The zero-order chi connectivity index (χ0) is 19.9. The van der Waals surface area contributed by atoms with E-state index in [2.05, 4.69) is 76.2 Å². The van der Waals surface area contributed by atoms with Crippen molar-refractivity contribution in [3.8, 4) is 0 Å². The molecule has 0 aromatic heterocycles. The molecule has 0 spiro atoms. The Morgan fingerprint density at radius 2 is 1.11 bits per heavy atom. The normalized spacial score (nSPS) is 11.7. The van der Waals surface area contributed by atoms with Gasteiger partial charge in [-0.05, 0) is 62.5 Å². The highest BCUT2D eigenvalue weighted by Gasteiger charge is 2.12. The van der Waals surface area contributed by atoms with Gasteiger partial charge in [-0.15, -0.1) is 0 Å². The van der Waals surface area contributed by atoms with Crippen LogP contribution in [0.5, 0.6) is 0 Å². The zero-order valence-corrected chi connectivity index (χ0v) is 18.6. The van der Waals surface area contributed by atoms with Gasteiger partial charge < -0.3 is 0 Å². The van der Waals surface area contributed by atoms with Crippen LogP contribution in [0.25, 0.3) is 0 Å². The van der Waals surface area contributed by atoms with Crippen molar-refractivity contribution in [2.75, 3.05) is 0 Å². The second-order valence-corrected chi connectivity index (χ2v) is 7.01. The first-order valence-electron chi connectivity index (χ1n) is 10.7. The van der Waals surface area contributed by atoms with Crippen molar-refractivity contribution in [1.29, 1.82) is 0 Å². The number of hydrogen-bond donors (Lipinski definition) is 0. The molecular formula is C27H46. The third-order valence-electron chi connectivity index (χ3n) is 4.95. The lowest BCUT2D eigenvalue weighted by Crippen LogP contribution is -2.10. The van der Waals surface area contributed by atoms with E-state index in [0.29, 0.717) is 0 Å². The molecule has 0 aliphatic heterocycles. The highest BCUT2D eigenvalue weighted by molar-refractivity contribution is 5.22. The Balaban J connectivity index is 0. The Bertz CT molecular complexity index is 565. The van der Waals surface area contributed by atoms with E-state index < -0.39 is 0 Å². The minimum absolute atomic E-state index is 0. The summed E-state index contributed by atoms with van der Waals surface area (Å²) in [6.45, 7) is 17.2. The molecule has 2 atom stereocenters. The van der Waals surface area contributed by atoms with Gasteiger partial charge in [0.15, 0.2) is 0 Å². The van der Waals surface area contributed by atoms with Crippen molar-refractivity contribution < 1.29 is 0 Å². The molecule has 0 heterocycles. The van der Waals surface area contributed by atoms with E-state index in [4.69, 9.17) is 0 Å². The molecule has 0 radical (unpaired) electrons. The largest absolute Gasteiger partial charge is 0.0776 e. The van der Waals surface area contributed by atoms with Gasteiger partial charge in [0.25, 0.3) is 0 Å². The molecule has 0 nitrogen and oxygen atoms in total. The summed E-state index contributed by atoms with van der Waals surface area (Å²) in [5, 5.41) is 0. The summed E-state index contributed by atoms with van der Waals surface area (Å²) in [5.41, 5.74) is 5.68. The third kappa shape index (κ3) is 11.7. The first-order valence-corrected chi connectivity index (χ1v) is 10.7. The molecule has 0 fully saturated rings. The molecule has 0 saturated carbocycles. The Morgan fingerprint density at radius 1 is 0.630 bits per heavy atom. The van der Waals surface area contributed by atoms with Crippen LogP contribution in [-0.4, -0.2) is 0 Å². The lowest BCUT2D eigenvalue weighted by molar-refractivity contribution is 0.344. The fraction of sp³-hybridized carbons (Fsp3) is 0.556. The van der Waals surface area contributed by atoms with E-state index in [0.717, 1.165) is 11.8 Å². The first kappa shape index (κ1) is 27.7. The summed E-state index contributed by atoms with van der Waals surface area (Å²) < 4.78 is 0. The highest BCUT2D eigenvalue weighted by Crippen LogP contribution is 2.23. The van der Waals surface area contributed by atoms with Crippen LogP contribution < -0.4 is 0 Å². The fourth-order valence-electron chi connectivity index (χ4n) is 2.98. The molecule has 154 valence electrons. The first-order chi connectivity index (χ1) is 12.5. The van der Waals surface area contributed by atoms with E-state index in [9.17, 15) is 0 Å². The molecule has 2 aromatic rings. The van der Waals surface area contributed by atoms with Gasteiger partial charge >= 0.3 is 0 Å². The third-order valence-corrected chi connectivity index (χ3v) is 4.95. The maximum absolute atomic E-state index is 2.41. The van der Waals surface area contributed by atoms with Crippen LogP contribution in [0.4, 0.5) is 0 Å². The van der Waals surface area contributed by atoms with Crippen LogP contribution in [0.2, 0.25) is 0 Å². The van der Waals surface area contributed by atoms with Crippen LogP contribution in [0.1, 0.15) is 84.1 Å². The van der Waals surface area contributed by atoms with E-state index in [-0.39, 0.29) is 7.43 Å². The molecular weight excluding hydrogens is 324 g/mol. The molecule has 2 unspecified atom stereocenters. The predicted octanol–water partition coefficient (Wildman–Crippen LogP) is 8.83. The lowest BCUT2D eigenvalue weighted by Gasteiger charge is -2.20. The van der Waals surface area contributed by atoms with Crippen LogP contribution in [0.3, 0.4) is 0 Å². The smallest absolute Gasteiger partial charge is 0.0276 e. The van der Waals surface area contributed by atoms with Gasteiger partial charge in [0.05, 0.1) is 0 Å². The average Bonchev–Trinajstić information content (AvgIpc) is 2.68. The topological polar surface area (TPSA) is 0 Å². The molecule has 0 aliphatic rings. The van der Waals surface area contributed by atoms with Crippen LogP contribution in [-0.2, 0) is 12.8 Å². The highest BCUT2D eigenvalue weighted by atomic mass is 14.2. The quantitative estimate of drug-likeness (QED) is 0.456. The zero-order valence-electron chi connectivity index (χ0n) is 18.6. The van der Waals surface area contributed by atoms with Gasteiger partial charge in [-0.25, -0.2) is 0 Å². The SMILES string of the molecule is C.CC.CC.Cc1ccc(CCC(C)C(C)CCc2cccc(C)c2)cc1. The summed E-state index contributed by atoms with van der Waals surface area (Å²) in [5.74, 6) is 1.57. The summed E-state index contributed by atoms with van der Waals surface area (Å²) in [7, 11) is 0. The number of aryl methyl sites for hydroxylation is 4. The van der Waals surface area contributed by atoms with Crippen molar-refractivity contribution in [3.05, 3.63) is 70.8 Å². The van der Waals surface area contributed by atoms with E-state index >= 15 is 0 Å². The molecule has 0 N–H and O–H groups in total. The van der Waals surface area contributed by atoms with E-state index in [1.807, 2.05) is 27.7 Å². The number of rotatable bonds is 7. The number of hydrogen-bond acceptors (Lipinski definition) is 0. The second kappa shape index (κ2) is 16.6. The maximum Gasteiger partial charge on any atom is -0.0276 e. The average molecular weight is 371 g/mol. The standard InChI is InChI=1S/C22H30.2C2H6.CH4/c1-17-8-12-21(13-9-17)14-10-19(3)20(4)11-15-22-7-5-6-18(2)16-22;2*1-2;/h5-9,12-13,16,19-20H,10-11,14-15H2,1-4H3;2*1-2H3;1H4. The molecule has 2 aromatic carbocycles. The minimum atomic E-state index is 0. The van der Waals surface area contributed by atoms with Gasteiger partial charge in [-0.1, -0.05) is 109 Å². The van der Waals surface area contributed by atoms with Crippen molar-refractivity contribution in [2.24, 2.45) is 11.8 Å². The number of benzene rings is 2. The van der Waals surface area contributed by atoms with E-state index in [1.165, 1.54) is 47.9 Å². The molecule has 0 saturated heterocycles. The fourth-order valence-corrected chi connectivity index (χ4v) is 2.98.